The Morgan fingerprint density at radius 3 is 2.94 bits per heavy atom. The van der Waals surface area contributed by atoms with Crippen LogP contribution in [-0.2, 0) is 0 Å². The summed E-state index contributed by atoms with van der Waals surface area (Å²) in [6.07, 6.45) is 2.62. The molecule has 0 aliphatic carbocycles. The molecule has 16 heavy (non-hydrogen) atoms. The van der Waals surface area contributed by atoms with Crippen molar-refractivity contribution in [2.24, 2.45) is 5.92 Å². The third-order valence-corrected chi connectivity index (χ3v) is 2.95. The zero-order chi connectivity index (χ0) is 11.5. The van der Waals surface area contributed by atoms with E-state index < -0.39 is 0 Å². The van der Waals surface area contributed by atoms with Crippen LogP contribution in [0, 0.1) is 5.92 Å². The van der Waals surface area contributed by atoms with Crippen LogP contribution >= 0.6 is 0 Å². The van der Waals surface area contributed by atoms with E-state index in [1.54, 1.807) is 6.20 Å². The van der Waals surface area contributed by atoms with Gasteiger partial charge in [0.05, 0.1) is 5.52 Å². The third kappa shape index (κ3) is 1.96. The molecule has 0 saturated carbocycles. The average Bonchev–Trinajstić information content (AvgIpc) is 2.36. The number of Topliss-reactive ketones (excluding diaryl/α,β-unsaturated/α-hetero) is 1. The molecule has 1 heterocycles. The molecule has 2 nitrogen and oxygen atoms in total. The van der Waals surface area contributed by atoms with Crippen molar-refractivity contribution in [2.75, 3.05) is 0 Å². The minimum atomic E-state index is 0.0844. The lowest BCUT2D eigenvalue weighted by Gasteiger charge is -2.07. The normalized spacial score (nSPS) is 12.6. The van der Waals surface area contributed by atoms with Gasteiger partial charge in [0.25, 0.3) is 0 Å². The number of carbonyl (C=O) groups excluding carboxylic acids is 1. The minimum absolute atomic E-state index is 0.0844. The molecule has 0 aliphatic rings. The summed E-state index contributed by atoms with van der Waals surface area (Å²) in [4.78, 5) is 16.2. The van der Waals surface area contributed by atoms with Crippen molar-refractivity contribution in [1.82, 2.24) is 4.98 Å². The highest BCUT2D eigenvalue weighted by atomic mass is 16.1. The van der Waals surface area contributed by atoms with Gasteiger partial charge in [-0.2, -0.15) is 0 Å². The van der Waals surface area contributed by atoms with Gasteiger partial charge in [0, 0.05) is 23.1 Å². The van der Waals surface area contributed by atoms with E-state index in [-0.39, 0.29) is 11.7 Å². The number of hydrogen-bond acceptors (Lipinski definition) is 2. The third-order valence-electron chi connectivity index (χ3n) is 2.95. The quantitative estimate of drug-likeness (QED) is 0.731. The van der Waals surface area contributed by atoms with E-state index in [2.05, 4.69) is 4.98 Å². The van der Waals surface area contributed by atoms with Crippen molar-refractivity contribution >= 4 is 16.7 Å². The summed E-state index contributed by atoms with van der Waals surface area (Å²) in [6.45, 7) is 3.99. The number of pyridine rings is 1. The Morgan fingerprint density at radius 1 is 1.38 bits per heavy atom. The van der Waals surface area contributed by atoms with Gasteiger partial charge in [-0.05, 0) is 18.6 Å². The smallest absolute Gasteiger partial charge is 0.165 e. The second-order valence-electron chi connectivity index (χ2n) is 4.08. The number of carbonyl (C=O) groups is 1. The number of ketones is 1. The molecule has 0 spiro atoms. The molecule has 0 N–H and O–H groups in total. The Bertz CT molecular complexity index is 519. The van der Waals surface area contributed by atoms with Crippen molar-refractivity contribution in [3.63, 3.8) is 0 Å². The molecule has 2 heteroatoms. The first kappa shape index (κ1) is 10.8. The van der Waals surface area contributed by atoms with Crippen LogP contribution in [0.1, 0.15) is 30.6 Å². The van der Waals surface area contributed by atoms with Gasteiger partial charge in [-0.1, -0.05) is 32.0 Å². The van der Waals surface area contributed by atoms with Crippen LogP contribution in [0.3, 0.4) is 0 Å². The lowest BCUT2D eigenvalue weighted by molar-refractivity contribution is 0.0927. The number of fused-ring (bicyclic) bond motifs is 1. The van der Waals surface area contributed by atoms with Crippen LogP contribution in [0.15, 0.2) is 36.5 Å². The van der Waals surface area contributed by atoms with Gasteiger partial charge in [-0.15, -0.1) is 0 Å². The maximum atomic E-state index is 12.0. The molecule has 0 amide bonds. The molecular formula is C14H15NO. The summed E-state index contributed by atoms with van der Waals surface area (Å²) in [5.41, 5.74) is 1.65. The van der Waals surface area contributed by atoms with Gasteiger partial charge < -0.3 is 0 Å². The Balaban J connectivity index is 2.43. The van der Waals surface area contributed by atoms with Crippen molar-refractivity contribution in [3.05, 3.63) is 42.1 Å². The number of benzene rings is 1. The van der Waals surface area contributed by atoms with Crippen molar-refractivity contribution in [2.45, 2.75) is 20.3 Å². The molecule has 0 aliphatic heterocycles. The Labute approximate surface area is 95.3 Å². The largest absolute Gasteiger partial charge is 0.294 e. The van der Waals surface area contributed by atoms with Gasteiger partial charge in [0.15, 0.2) is 5.78 Å². The van der Waals surface area contributed by atoms with Crippen LogP contribution in [0.25, 0.3) is 10.9 Å². The minimum Gasteiger partial charge on any atom is -0.294 e. The molecule has 0 saturated heterocycles. The second-order valence-corrected chi connectivity index (χ2v) is 4.08. The van der Waals surface area contributed by atoms with E-state index >= 15 is 0 Å². The fourth-order valence-corrected chi connectivity index (χ4v) is 1.69. The molecular weight excluding hydrogens is 198 g/mol. The standard InChI is InChI=1S/C14H15NO/c1-3-10(2)14(16)12-7-6-11-5-4-8-15-13(11)9-12/h4-10H,3H2,1-2H3. The van der Waals surface area contributed by atoms with Crippen LogP contribution in [0.4, 0.5) is 0 Å². The van der Waals surface area contributed by atoms with Gasteiger partial charge in [-0.25, -0.2) is 0 Å². The number of rotatable bonds is 3. The van der Waals surface area contributed by atoms with Crippen LogP contribution in [0.5, 0.6) is 0 Å². The first-order chi connectivity index (χ1) is 7.72. The highest BCUT2D eigenvalue weighted by Gasteiger charge is 2.13. The molecule has 2 aromatic rings. The summed E-state index contributed by atoms with van der Waals surface area (Å²) in [5, 5.41) is 1.07. The van der Waals surface area contributed by atoms with Crippen molar-refractivity contribution in [3.8, 4) is 0 Å². The summed E-state index contributed by atoms with van der Waals surface area (Å²) >= 11 is 0. The first-order valence-corrected chi connectivity index (χ1v) is 5.61. The predicted molar refractivity (Wildman–Crippen MR) is 65.5 cm³/mol. The Kier molecular flexibility index (Phi) is 3.00. The topological polar surface area (TPSA) is 30.0 Å². The SMILES string of the molecule is CCC(C)C(=O)c1ccc2cccnc2c1. The summed E-state index contributed by atoms with van der Waals surface area (Å²) in [5.74, 6) is 0.288. The maximum absolute atomic E-state index is 12.0. The monoisotopic (exact) mass is 213 g/mol. The van der Waals surface area contributed by atoms with E-state index in [0.29, 0.717) is 0 Å². The highest BCUT2D eigenvalue weighted by Crippen LogP contribution is 2.17. The molecule has 0 fully saturated rings. The first-order valence-electron chi connectivity index (χ1n) is 5.61. The average molecular weight is 213 g/mol. The van der Waals surface area contributed by atoms with Gasteiger partial charge in [0.1, 0.15) is 0 Å². The van der Waals surface area contributed by atoms with Crippen molar-refractivity contribution < 1.29 is 4.79 Å². The molecule has 1 aromatic carbocycles. The lowest BCUT2D eigenvalue weighted by atomic mass is 9.96. The Hall–Kier alpha value is -1.70. The van der Waals surface area contributed by atoms with Crippen LogP contribution in [-0.4, -0.2) is 10.8 Å². The summed E-state index contributed by atoms with van der Waals surface area (Å²) < 4.78 is 0. The van der Waals surface area contributed by atoms with Crippen LogP contribution < -0.4 is 0 Å². The van der Waals surface area contributed by atoms with E-state index in [1.807, 2.05) is 44.2 Å². The summed E-state index contributed by atoms with van der Waals surface area (Å²) in [7, 11) is 0. The highest BCUT2D eigenvalue weighted by molar-refractivity contribution is 6.00. The zero-order valence-electron chi connectivity index (χ0n) is 9.60. The second kappa shape index (κ2) is 4.44. The lowest BCUT2D eigenvalue weighted by Crippen LogP contribution is -2.09. The fraction of sp³-hybridized carbons (Fsp3) is 0.286. The van der Waals surface area contributed by atoms with E-state index in [4.69, 9.17) is 0 Å². The molecule has 1 atom stereocenters. The number of hydrogen-bond donors (Lipinski definition) is 0. The molecule has 82 valence electrons. The van der Waals surface area contributed by atoms with Gasteiger partial charge in [0.2, 0.25) is 0 Å². The molecule has 0 radical (unpaired) electrons. The fourth-order valence-electron chi connectivity index (χ4n) is 1.69. The number of aromatic nitrogens is 1. The summed E-state index contributed by atoms with van der Waals surface area (Å²) in [6, 6.07) is 9.62. The predicted octanol–water partition coefficient (Wildman–Crippen LogP) is 3.46. The molecule has 0 bridgehead atoms. The zero-order valence-corrected chi connectivity index (χ0v) is 9.60. The van der Waals surface area contributed by atoms with Crippen LogP contribution in [0.2, 0.25) is 0 Å². The van der Waals surface area contributed by atoms with E-state index in [9.17, 15) is 4.79 Å². The van der Waals surface area contributed by atoms with Crippen molar-refractivity contribution in [1.29, 1.82) is 0 Å². The van der Waals surface area contributed by atoms with Gasteiger partial charge in [-0.3, -0.25) is 9.78 Å². The van der Waals surface area contributed by atoms with Gasteiger partial charge >= 0.3 is 0 Å². The molecule has 1 unspecified atom stereocenters. The van der Waals surface area contributed by atoms with E-state index in [0.717, 1.165) is 22.9 Å². The van der Waals surface area contributed by atoms with E-state index in [1.165, 1.54) is 0 Å². The molecule has 1 aromatic heterocycles. The molecule has 2 rings (SSSR count). The number of nitrogens with zero attached hydrogens (tertiary/aromatic N) is 1. The maximum Gasteiger partial charge on any atom is 0.165 e. The Morgan fingerprint density at radius 2 is 2.19 bits per heavy atom.